The van der Waals surface area contributed by atoms with Crippen molar-refractivity contribution < 1.29 is 18.8 Å². The summed E-state index contributed by atoms with van der Waals surface area (Å²) in [6.07, 6.45) is 4.96. The average Bonchev–Trinajstić information content (AvgIpc) is 3.24. The monoisotopic (exact) mass is 583 g/mol. The van der Waals surface area contributed by atoms with Crippen molar-refractivity contribution in [3.05, 3.63) is 69.0 Å². The second-order valence-electron chi connectivity index (χ2n) is 8.82. The summed E-state index contributed by atoms with van der Waals surface area (Å²) in [5.74, 6) is -0.626. The fourth-order valence-electron chi connectivity index (χ4n) is 4.78. The standard InChI is InChI=1S/C25H30FN3O4.HI/c1-18-16-21(29(31)32)9-10-22(18)25(30)28-23-11-8-20(26)17-19(23)6-4-7-24(28)33-15-5-14-27-12-2-3-13-27;/h8-11,16-17,24H,2-7,12-15H2,1H3;1H. The summed E-state index contributed by atoms with van der Waals surface area (Å²) in [5.41, 5.74) is 2.25. The van der Waals surface area contributed by atoms with Gasteiger partial charge in [-0.3, -0.25) is 19.8 Å². The zero-order valence-electron chi connectivity index (χ0n) is 19.4. The molecule has 0 aliphatic carbocycles. The summed E-state index contributed by atoms with van der Waals surface area (Å²) in [6.45, 7) is 5.46. The zero-order chi connectivity index (χ0) is 23.4. The molecule has 0 aromatic heterocycles. The van der Waals surface area contributed by atoms with E-state index >= 15 is 0 Å². The van der Waals surface area contributed by atoms with Crippen molar-refractivity contribution >= 4 is 41.3 Å². The molecular formula is C25H31FIN3O4. The smallest absolute Gasteiger partial charge is 0.269 e. The van der Waals surface area contributed by atoms with Crippen LogP contribution in [0.2, 0.25) is 0 Å². The Morgan fingerprint density at radius 3 is 2.65 bits per heavy atom. The summed E-state index contributed by atoms with van der Waals surface area (Å²) in [7, 11) is 0. The van der Waals surface area contributed by atoms with Gasteiger partial charge in [0, 0.05) is 24.2 Å². The third kappa shape index (κ3) is 6.11. The van der Waals surface area contributed by atoms with Crippen LogP contribution in [-0.2, 0) is 11.2 Å². The van der Waals surface area contributed by atoms with E-state index in [0.29, 0.717) is 36.3 Å². The van der Waals surface area contributed by atoms with Crippen LogP contribution in [0.5, 0.6) is 0 Å². The summed E-state index contributed by atoms with van der Waals surface area (Å²) in [4.78, 5) is 28.4. The Morgan fingerprint density at radius 1 is 1.18 bits per heavy atom. The Kier molecular flexibility index (Phi) is 9.38. The first-order valence-electron chi connectivity index (χ1n) is 11.6. The Balaban J connectivity index is 0.00000324. The van der Waals surface area contributed by atoms with E-state index in [0.717, 1.165) is 38.0 Å². The van der Waals surface area contributed by atoms with Crippen molar-refractivity contribution in [3.8, 4) is 0 Å². The molecular weight excluding hydrogens is 552 g/mol. The highest BCUT2D eigenvalue weighted by Gasteiger charge is 2.32. The highest BCUT2D eigenvalue weighted by atomic mass is 127. The predicted molar refractivity (Wildman–Crippen MR) is 139 cm³/mol. The lowest BCUT2D eigenvalue weighted by molar-refractivity contribution is -0.384. The summed E-state index contributed by atoms with van der Waals surface area (Å²) < 4.78 is 20.2. The number of carbonyl (C=O) groups is 1. The van der Waals surface area contributed by atoms with E-state index in [1.807, 2.05) is 0 Å². The quantitative estimate of drug-likeness (QED) is 0.187. The van der Waals surface area contributed by atoms with Crippen molar-refractivity contribution in [1.29, 1.82) is 0 Å². The van der Waals surface area contributed by atoms with E-state index in [1.54, 1.807) is 17.9 Å². The van der Waals surface area contributed by atoms with Crippen LogP contribution in [0, 0.1) is 22.9 Å². The van der Waals surface area contributed by atoms with Crippen molar-refractivity contribution in [3.63, 3.8) is 0 Å². The molecule has 2 aromatic rings. The van der Waals surface area contributed by atoms with Gasteiger partial charge in [-0.05, 0) is 93.9 Å². The van der Waals surface area contributed by atoms with Gasteiger partial charge in [-0.15, -0.1) is 24.0 Å². The molecule has 0 bridgehead atoms. The number of amides is 1. The van der Waals surface area contributed by atoms with Crippen LogP contribution >= 0.6 is 24.0 Å². The highest BCUT2D eigenvalue weighted by molar-refractivity contribution is 14.0. The lowest BCUT2D eigenvalue weighted by atomic mass is 10.0. The van der Waals surface area contributed by atoms with Gasteiger partial charge in [0.05, 0.1) is 17.2 Å². The zero-order valence-corrected chi connectivity index (χ0v) is 21.7. The molecule has 1 atom stereocenters. The van der Waals surface area contributed by atoms with Crippen LogP contribution in [0.1, 0.15) is 53.6 Å². The minimum atomic E-state index is -0.475. The van der Waals surface area contributed by atoms with Crippen molar-refractivity contribution in [1.82, 2.24) is 4.90 Å². The van der Waals surface area contributed by atoms with Gasteiger partial charge in [0.1, 0.15) is 12.0 Å². The maximum absolute atomic E-state index is 14.0. The number of likely N-dealkylation sites (tertiary alicyclic amines) is 1. The van der Waals surface area contributed by atoms with Crippen molar-refractivity contribution in [2.24, 2.45) is 0 Å². The first-order chi connectivity index (χ1) is 15.9. The van der Waals surface area contributed by atoms with E-state index in [-0.39, 0.29) is 41.4 Å². The summed E-state index contributed by atoms with van der Waals surface area (Å²) in [6, 6.07) is 8.72. The van der Waals surface area contributed by atoms with Crippen LogP contribution in [-0.4, -0.2) is 48.2 Å². The fraction of sp³-hybridized carbons (Fsp3) is 0.480. The van der Waals surface area contributed by atoms with Crippen LogP contribution in [0.3, 0.4) is 0 Å². The predicted octanol–water partition coefficient (Wildman–Crippen LogP) is 5.47. The number of rotatable bonds is 7. The van der Waals surface area contributed by atoms with Crippen molar-refractivity contribution in [2.45, 2.75) is 51.7 Å². The second-order valence-corrected chi connectivity index (χ2v) is 8.82. The molecule has 2 aliphatic rings. The summed E-state index contributed by atoms with van der Waals surface area (Å²) in [5, 5.41) is 11.1. The molecule has 184 valence electrons. The number of anilines is 1. The fourth-order valence-corrected chi connectivity index (χ4v) is 4.78. The van der Waals surface area contributed by atoms with Gasteiger partial charge >= 0.3 is 0 Å². The number of fused-ring (bicyclic) bond motifs is 1. The number of nitro groups is 1. The number of ether oxygens (including phenoxy) is 1. The number of hydrogen-bond acceptors (Lipinski definition) is 5. The summed E-state index contributed by atoms with van der Waals surface area (Å²) >= 11 is 0. The van der Waals surface area contributed by atoms with Gasteiger partial charge in [0.2, 0.25) is 0 Å². The van der Waals surface area contributed by atoms with Crippen LogP contribution in [0.4, 0.5) is 15.8 Å². The lowest BCUT2D eigenvalue weighted by Crippen LogP contribution is -2.42. The van der Waals surface area contributed by atoms with Gasteiger partial charge in [0.25, 0.3) is 11.6 Å². The van der Waals surface area contributed by atoms with Crippen molar-refractivity contribution in [2.75, 3.05) is 31.1 Å². The van der Waals surface area contributed by atoms with E-state index in [4.69, 9.17) is 4.74 Å². The molecule has 0 saturated carbocycles. The SMILES string of the molecule is Cc1cc([N+](=O)[O-])ccc1C(=O)N1c2ccc(F)cc2CCCC1OCCCN1CCCC1.I. The molecule has 2 aliphatic heterocycles. The van der Waals surface area contributed by atoms with E-state index in [9.17, 15) is 19.3 Å². The highest BCUT2D eigenvalue weighted by Crippen LogP contribution is 2.33. The Morgan fingerprint density at radius 2 is 1.94 bits per heavy atom. The molecule has 1 amide bonds. The number of benzene rings is 2. The first-order valence-corrected chi connectivity index (χ1v) is 11.6. The molecule has 0 N–H and O–H groups in total. The number of non-ortho nitro benzene ring substituents is 1. The maximum atomic E-state index is 14.0. The molecule has 2 aromatic carbocycles. The molecule has 0 spiro atoms. The molecule has 4 rings (SSSR count). The normalized spacial score (nSPS) is 18.2. The first kappa shape index (κ1) is 26.5. The molecule has 1 saturated heterocycles. The van der Waals surface area contributed by atoms with E-state index in [2.05, 4.69) is 4.90 Å². The molecule has 1 fully saturated rings. The largest absolute Gasteiger partial charge is 0.358 e. The van der Waals surface area contributed by atoms with Crippen LogP contribution in [0.25, 0.3) is 0 Å². The molecule has 2 heterocycles. The minimum absolute atomic E-state index is 0. The van der Waals surface area contributed by atoms with Gasteiger partial charge < -0.3 is 9.64 Å². The average molecular weight is 583 g/mol. The van der Waals surface area contributed by atoms with E-state index < -0.39 is 11.2 Å². The molecule has 1 unspecified atom stereocenters. The maximum Gasteiger partial charge on any atom is 0.269 e. The Bertz CT molecular complexity index is 1030. The minimum Gasteiger partial charge on any atom is -0.358 e. The molecule has 34 heavy (non-hydrogen) atoms. The number of nitrogens with zero attached hydrogens (tertiary/aromatic N) is 3. The molecule has 0 radical (unpaired) electrons. The third-order valence-corrected chi connectivity index (χ3v) is 6.48. The number of nitro benzene ring substituents is 1. The number of halogens is 2. The molecule has 9 heteroatoms. The number of aryl methyl sites for hydroxylation is 2. The van der Waals surface area contributed by atoms with Crippen LogP contribution < -0.4 is 4.90 Å². The Labute approximate surface area is 216 Å². The van der Waals surface area contributed by atoms with Gasteiger partial charge in [-0.25, -0.2) is 4.39 Å². The number of carbonyl (C=O) groups excluding carboxylic acids is 1. The third-order valence-electron chi connectivity index (χ3n) is 6.48. The van der Waals surface area contributed by atoms with Gasteiger partial charge in [0.15, 0.2) is 0 Å². The van der Waals surface area contributed by atoms with Gasteiger partial charge in [-0.2, -0.15) is 0 Å². The lowest BCUT2D eigenvalue weighted by Gasteiger charge is -2.32. The van der Waals surface area contributed by atoms with Gasteiger partial charge in [-0.1, -0.05) is 0 Å². The second kappa shape index (κ2) is 12.0. The number of hydrogen-bond donors (Lipinski definition) is 0. The van der Waals surface area contributed by atoms with E-state index in [1.165, 1.54) is 43.2 Å². The topological polar surface area (TPSA) is 75.9 Å². The molecule has 7 nitrogen and oxygen atoms in total. The van der Waals surface area contributed by atoms with Crippen LogP contribution in [0.15, 0.2) is 36.4 Å². The Hall–Kier alpha value is -2.11.